The Labute approximate surface area is 140 Å². The molecule has 5 heteroatoms. The molecule has 5 nitrogen and oxygen atoms in total. The first kappa shape index (κ1) is 15.0. The molecule has 2 aromatic heterocycles. The molecule has 0 bridgehead atoms. The summed E-state index contributed by atoms with van der Waals surface area (Å²) in [4.78, 5) is 14.8. The number of aromatic nitrogens is 1. The minimum absolute atomic E-state index is 0.0392. The van der Waals surface area contributed by atoms with Gasteiger partial charge in [-0.15, -0.1) is 0 Å². The lowest BCUT2D eigenvalue weighted by Crippen LogP contribution is -2.41. The summed E-state index contributed by atoms with van der Waals surface area (Å²) in [5.41, 5.74) is 4.76. The average molecular weight is 324 g/mol. The zero-order chi connectivity index (χ0) is 16.5. The van der Waals surface area contributed by atoms with Gasteiger partial charge < -0.3 is 18.6 Å². The molecule has 1 fully saturated rings. The van der Waals surface area contributed by atoms with Crippen LogP contribution in [0, 0.1) is 6.92 Å². The minimum atomic E-state index is 0.0392. The number of aryl methyl sites for hydroxylation is 1. The maximum Gasteiger partial charge on any atom is 0.270 e. The minimum Gasteiger partial charge on any atom is -0.463 e. The van der Waals surface area contributed by atoms with Crippen LogP contribution in [0.4, 0.5) is 0 Å². The van der Waals surface area contributed by atoms with Crippen molar-refractivity contribution in [2.24, 2.45) is 0 Å². The molecule has 0 aliphatic carbocycles. The number of nitrogens with zero attached hydrogens (tertiary/aromatic N) is 2. The lowest BCUT2D eigenvalue weighted by molar-refractivity contribution is 0.0296. The second kappa shape index (κ2) is 6.17. The van der Waals surface area contributed by atoms with E-state index in [1.165, 1.54) is 11.1 Å². The van der Waals surface area contributed by atoms with Crippen LogP contribution in [0.2, 0.25) is 0 Å². The van der Waals surface area contributed by atoms with Gasteiger partial charge in [0.15, 0.2) is 5.58 Å². The topological polar surface area (TPSA) is 47.6 Å². The normalized spacial score (nSPS) is 15.1. The summed E-state index contributed by atoms with van der Waals surface area (Å²) in [5, 5.41) is 0. The molecular formula is C19H20N2O3. The Balaban J connectivity index is 1.72. The molecule has 1 aliphatic rings. The van der Waals surface area contributed by atoms with Crippen LogP contribution in [0.15, 0.2) is 47.1 Å². The zero-order valence-corrected chi connectivity index (χ0v) is 13.7. The van der Waals surface area contributed by atoms with Crippen LogP contribution >= 0.6 is 0 Å². The number of morpholine rings is 1. The van der Waals surface area contributed by atoms with Gasteiger partial charge in [-0.25, -0.2) is 0 Å². The Morgan fingerprint density at radius 1 is 1.17 bits per heavy atom. The number of carbonyl (C=O) groups excluding carboxylic acids is 1. The molecule has 4 rings (SSSR count). The lowest BCUT2D eigenvalue weighted by Gasteiger charge is -2.27. The molecule has 0 N–H and O–H groups in total. The fourth-order valence-electron chi connectivity index (χ4n) is 3.25. The van der Waals surface area contributed by atoms with Crippen molar-refractivity contribution in [2.75, 3.05) is 26.3 Å². The van der Waals surface area contributed by atoms with E-state index in [9.17, 15) is 4.79 Å². The van der Waals surface area contributed by atoms with Crippen LogP contribution in [0.25, 0.3) is 11.1 Å². The molecule has 1 aliphatic heterocycles. The van der Waals surface area contributed by atoms with Crippen molar-refractivity contribution in [1.82, 2.24) is 9.47 Å². The number of furan rings is 1. The molecular weight excluding hydrogens is 304 g/mol. The predicted octanol–water partition coefficient (Wildman–Crippen LogP) is 3.06. The molecule has 0 saturated carbocycles. The molecule has 1 amide bonds. The summed E-state index contributed by atoms with van der Waals surface area (Å²) < 4.78 is 12.9. The molecule has 124 valence electrons. The zero-order valence-electron chi connectivity index (χ0n) is 13.7. The number of ether oxygens (including phenoxy) is 1. The van der Waals surface area contributed by atoms with Crippen molar-refractivity contribution < 1.29 is 13.9 Å². The molecule has 3 heterocycles. The summed E-state index contributed by atoms with van der Waals surface area (Å²) in [6, 6.07) is 12.1. The third-order valence-corrected chi connectivity index (χ3v) is 4.46. The van der Waals surface area contributed by atoms with E-state index in [2.05, 4.69) is 25.1 Å². The first-order valence-electron chi connectivity index (χ1n) is 8.22. The average Bonchev–Trinajstić information content (AvgIpc) is 3.18. The SMILES string of the molecule is Cc1cccc(Cn2c(C(=O)N3CCOCC3)cc3occc32)c1. The second-order valence-corrected chi connectivity index (χ2v) is 6.18. The van der Waals surface area contributed by atoms with Crippen LogP contribution in [-0.4, -0.2) is 41.7 Å². The van der Waals surface area contributed by atoms with E-state index in [0.717, 1.165) is 11.1 Å². The quantitative estimate of drug-likeness (QED) is 0.744. The van der Waals surface area contributed by atoms with E-state index >= 15 is 0 Å². The maximum atomic E-state index is 13.0. The number of hydrogen-bond donors (Lipinski definition) is 0. The molecule has 0 unspecified atom stereocenters. The van der Waals surface area contributed by atoms with Crippen molar-refractivity contribution in [2.45, 2.75) is 13.5 Å². The van der Waals surface area contributed by atoms with E-state index < -0.39 is 0 Å². The highest BCUT2D eigenvalue weighted by molar-refractivity contribution is 5.97. The largest absolute Gasteiger partial charge is 0.463 e. The van der Waals surface area contributed by atoms with E-state index in [0.29, 0.717) is 38.5 Å². The van der Waals surface area contributed by atoms with Crippen molar-refractivity contribution in [3.05, 3.63) is 59.5 Å². The number of amides is 1. The van der Waals surface area contributed by atoms with Crippen molar-refractivity contribution in [3.8, 4) is 0 Å². The van der Waals surface area contributed by atoms with Gasteiger partial charge in [-0.3, -0.25) is 4.79 Å². The highest BCUT2D eigenvalue weighted by Gasteiger charge is 2.24. The van der Waals surface area contributed by atoms with E-state index in [-0.39, 0.29) is 5.91 Å². The van der Waals surface area contributed by atoms with Crippen molar-refractivity contribution in [3.63, 3.8) is 0 Å². The highest BCUT2D eigenvalue weighted by Crippen LogP contribution is 2.24. The Morgan fingerprint density at radius 2 is 2.00 bits per heavy atom. The van der Waals surface area contributed by atoms with Crippen LogP contribution < -0.4 is 0 Å². The lowest BCUT2D eigenvalue weighted by atomic mass is 10.1. The first-order chi connectivity index (χ1) is 11.7. The number of benzene rings is 1. The Morgan fingerprint density at radius 3 is 2.79 bits per heavy atom. The fraction of sp³-hybridized carbons (Fsp3) is 0.316. The summed E-state index contributed by atoms with van der Waals surface area (Å²) in [6.45, 7) is 5.19. The van der Waals surface area contributed by atoms with Crippen LogP contribution in [0.5, 0.6) is 0 Å². The van der Waals surface area contributed by atoms with Gasteiger partial charge in [0.2, 0.25) is 0 Å². The fourth-order valence-corrected chi connectivity index (χ4v) is 3.25. The highest BCUT2D eigenvalue weighted by atomic mass is 16.5. The maximum absolute atomic E-state index is 13.0. The van der Waals surface area contributed by atoms with Gasteiger partial charge in [0, 0.05) is 31.8 Å². The molecule has 0 spiro atoms. The van der Waals surface area contributed by atoms with Gasteiger partial charge in [-0.1, -0.05) is 29.8 Å². The molecule has 24 heavy (non-hydrogen) atoms. The molecule has 0 radical (unpaired) electrons. The molecule has 1 aromatic carbocycles. The number of rotatable bonds is 3. The Kier molecular flexibility index (Phi) is 3.86. The van der Waals surface area contributed by atoms with Gasteiger partial charge in [0.05, 0.1) is 25.0 Å². The van der Waals surface area contributed by atoms with E-state index in [1.54, 1.807) is 6.26 Å². The standard InChI is InChI=1S/C19H20N2O3/c1-14-3-2-4-15(11-14)13-21-16-5-8-24-18(16)12-17(21)19(22)20-6-9-23-10-7-20/h2-5,8,11-12H,6-7,9-10,13H2,1H3. The van der Waals surface area contributed by atoms with Gasteiger partial charge in [-0.05, 0) is 12.5 Å². The van der Waals surface area contributed by atoms with Gasteiger partial charge in [0.25, 0.3) is 5.91 Å². The third kappa shape index (κ3) is 2.71. The molecule has 0 atom stereocenters. The Hall–Kier alpha value is -2.53. The number of fused-ring (bicyclic) bond motifs is 1. The summed E-state index contributed by atoms with van der Waals surface area (Å²) >= 11 is 0. The first-order valence-corrected chi connectivity index (χ1v) is 8.22. The summed E-state index contributed by atoms with van der Waals surface area (Å²) in [7, 11) is 0. The van der Waals surface area contributed by atoms with E-state index in [4.69, 9.17) is 9.15 Å². The monoisotopic (exact) mass is 324 g/mol. The van der Waals surface area contributed by atoms with Crippen molar-refractivity contribution >= 4 is 17.0 Å². The van der Waals surface area contributed by atoms with Gasteiger partial charge in [0.1, 0.15) is 5.69 Å². The summed E-state index contributed by atoms with van der Waals surface area (Å²) in [5.74, 6) is 0.0392. The third-order valence-electron chi connectivity index (χ3n) is 4.46. The molecule has 3 aromatic rings. The van der Waals surface area contributed by atoms with Crippen LogP contribution in [0.3, 0.4) is 0 Å². The van der Waals surface area contributed by atoms with Crippen molar-refractivity contribution in [1.29, 1.82) is 0 Å². The Bertz CT molecular complexity index is 872. The molecule has 1 saturated heterocycles. The van der Waals surface area contributed by atoms with Crippen LogP contribution in [0.1, 0.15) is 21.6 Å². The van der Waals surface area contributed by atoms with Gasteiger partial charge >= 0.3 is 0 Å². The van der Waals surface area contributed by atoms with Crippen LogP contribution in [-0.2, 0) is 11.3 Å². The number of hydrogen-bond acceptors (Lipinski definition) is 3. The number of carbonyl (C=O) groups is 1. The second-order valence-electron chi connectivity index (χ2n) is 6.18. The summed E-state index contributed by atoms with van der Waals surface area (Å²) in [6.07, 6.45) is 1.67. The van der Waals surface area contributed by atoms with Gasteiger partial charge in [-0.2, -0.15) is 0 Å². The smallest absolute Gasteiger partial charge is 0.270 e. The van der Waals surface area contributed by atoms with E-state index in [1.807, 2.05) is 27.7 Å². The predicted molar refractivity (Wildman–Crippen MR) is 91.2 cm³/mol.